The molecule has 0 bridgehead atoms. The molecule has 0 unspecified atom stereocenters. The molecule has 0 aromatic heterocycles. The summed E-state index contributed by atoms with van der Waals surface area (Å²) in [6.07, 6.45) is 2.70. The highest BCUT2D eigenvalue weighted by atomic mass is 32.2. The van der Waals surface area contributed by atoms with E-state index in [1.165, 1.54) is 11.8 Å². The highest BCUT2D eigenvalue weighted by molar-refractivity contribution is 8.26. The second kappa shape index (κ2) is 6.94. The number of hydrogen-bond acceptors (Lipinski definition) is 5. The van der Waals surface area contributed by atoms with Crippen LogP contribution in [0.5, 0.6) is 5.75 Å². The number of carbonyl (C=O) groups is 2. The first kappa shape index (κ1) is 17.0. The number of fused-ring (bicyclic) bond motifs is 1. The molecule has 0 spiro atoms. The number of nitrogens with one attached hydrogen (secondary N) is 1. The number of anilines is 1. The maximum atomic E-state index is 12.2. The Labute approximate surface area is 150 Å². The number of thioether (sulfide) groups is 1. The molecule has 1 aromatic rings. The standard InChI is InChI=1S/C17H18N2O3S2/c1-10(2)5-6-19-12-7-11(3-4-13(12)22-9-15(19)20)8-14-16(21)18-17(23)24-14/h3-4,7-8,10H,5-6,9H2,1-2H3,(H,18,21,23). The number of carbonyl (C=O) groups excluding carboxylic acids is 2. The fourth-order valence-electron chi connectivity index (χ4n) is 2.51. The summed E-state index contributed by atoms with van der Waals surface area (Å²) in [5.41, 5.74) is 1.59. The van der Waals surface area contributed by atoms with Crippen molar-refractivity contribution in [1.29, 1.82) is 0 Å². The van der Waals surface area contributed by atoms with Gasteiger partial charge in [-0.05, 0) is 36.1 Å². The summed E-state index contributed by atoms with van der Waals surface area (Å²) >= 11 is 6.24. The smallest absolute Gasteiger partial charge is 0.265 e. The first-order valence-corrected chi connectivity index (χ1v) is 8.98. The van der Waals surface area contributed by atoms with Gasteiger partial charge in [-0.3, -0.25) is 9.59 Å². The van der Waals surface area contributed by atoms with E-state index in [4.69, 9.17) is 17.0 Å². The van der Waals surface area contributed by atoms with E-state index in [9.17, 15) is 9.59 Å². The first-order valence-electron chi connectivity index (χ1n) is 7.76. The highest BCUT2D eigenvalue weighted by Crippen LogP contribution is 2.35. The van der Waals surface area contributed by atoms with Crippen molar-refractivity contribution < 1.29 is 14.3 Å². The molecule has 1 aromatic carbocycles. The molecule has 0 aliphatic carbocycles. The lowest BCUT2D eigenvalue weighted by atomic mass is 10.1. The zero-order chi connectivity index (χ0) is 17.3. The summed E-state index contributed by atoms with van der Waals surface area (Å²) in [7, 11) is 0. The van der Waals surface area contributed by atoms with Gasteiger partial charge < -0.3 is 15.0 Å². The lowest BCUT2D eigenvalue weighted by Crippen LogP contribution is -2.39. The maximum absolute atomic E-state index is 12.2. The number of nitrogens with zero attached hydrogens (tertiary/aromatic N) is 1. The van der Waals surface area contributed by atoms with Gasteiger partial charge in [-0.25, -0.2) is 0 Å². The van der Waals surface area contributed by atoms with E-state index in [-0.39, 0.29) is 18.4 Å². The maximum Gasteiger partial charge on any atom is 0.265 e. The molecule has 0 atom stereocenters. The van der Waals surface area contributed by atoms with Crippen LogP contribution in [0.4, 0.5) is 5.69 Å². The van der Waals surface area contributed by atoms with Crippen molar-refractivity contribution in [2.75, 3.05) is 18.1 Å². The molecule has 1 fully saturated rings. The van der Waals surface area contributed by atoms with Gasteiger partial charge in [0.25, 0.3) is 11.8 Å². The summed E-state index contributed by atoms with van der Waals surface area (Å²) in [6, 6.07) is 5.60. The molecule has 0 saturated carbocycles. The Hall–Kier alpha value is -1.86. The quantitative estimate of drug-likeness (QED) is 0.659. The molecule has 1 saturated heterocycles. The van der Waals surface area contributed by atoms with E-state index in [1.807, 2.05) is 18.2 Å². The van der Waals surface area contributed by atoms with Crippen LogP contribution >= 0.6 is 24.0 Å². The topological polar surface area (TPSA) is 58.6 Å². The van der Waals surface area contributed by atoms with Crippen molar-refractivity contribution in [2.45, 2.75) is 20.3 Å². The van der Waals surface area contributed by atoms with Crippen molar-refractivity contribution in [1.82, 2.24) is 5.32 Å². The SMILES string of the molecule is CC(C)CCN1C(=O)COc2ccc(C=C3SC(=S)NC3=O)cc21. The number of thiocarbonyl (C=S) groups is 1. The van der Waals surface area contributed by atoms with E-state index in [1.54, 1.807) is 11.0 Å². The Bertz CT molecular complexity index is 743. The summed E-state index contributed by atoms with van der Waals surface area (Å²) in [5, 5.41) is 2.60. The molecule has 24 heavy (non-hydrogen) atoms. The minimum Gasteiger partial charge on any atom is -0.482 e. The van der Waals surface area contributed by atoms with Gasteiger partial charge in [0.15, 0.2) is 6.61 Å². The summed E-state index contributed by atoms with van der Waals surface area (Å²) < 4.78 is 5.98. The molecule has 2 aliphatic rings. The van der Waals surface area contributed by atoms with Gasteiger partial charge in [-0.1, -0.05) is 43.9 Å². The van der Waals surface area contributed by atoms with Gasteiger partial charge in [-0.2, -0.15) is 0 Å². The van der Waals surface area contributed by atoms with Gasteiger partial charge in [0.05, 0.1) is 10.6 Å². The Balaban J connectivity index is 1.90. The van der Waals surface area contributed by atoms with Crippen molar-refractivity contribution >= 4 is 51.9 Å². The summed E-state index contributed by atoms with van der Waals surface area (Å²) in [5.74, 6) is 0.974. The molecule has 2 aliphatic heterocycles. The number of ether oxygens (including phenoxy) is 1. The van der Waals surface area contributed by atoms with Crippen LogP contribution in [0.3, 0.4) is 0 Å². The molecule has 2 amide bonds. The van der Waals surface area contributed by atoms with Crippen molar-refractivity contribution in [3.8, 4) is 5.75 Å². The Morgan fingerprint density at radius 1 is 1.42 bits per heavy atom. The summed E-state index contributed by atoms with van der Waals surface area (Å²) in [6.45, 7) is 4.99. The molecule has 5 nitrogen and oxygen atoms in total. The Kier molecular flexibility index (Phi) is 4.91. The van der Waals surface area contributed by atoms with Crippen molar-refractivity contribution in [2.24, 2.45) is 5.92 Å². The van der Waals surface area contributed by atoms with Gasteiger partial charge >= 0.3 is 0 Å². The van der Waals surface area contributed by atoms with E-state index >= 15 is 0 Å². The van der Waals surface area contributed by atoms with Crippen LogP contribution in [-0.4, -0.2) is 29.3 Å². The first-order chi connectivity index (χ1) is 11.4. The van der Waals surface area contributed by atoms with Crippen LogP contribution in [0.25, 0.3) is 6.08 Å². The van der Waals surface area contributed by atoms with Gasteiger partial charge in [0.1, 0.15) is 10.1 Å². The average Bonchev–Trinajstić information content (AvgIpc) is 2.83. The third-order valence-electron chi connectivity index (χ3n) is 3.80. The van der Waals surface area contributed by atoms with Crippen LogP contribution < -0.4 is 15.0 Å². The lowest BCUT2D eigenvalue weighted by Gasteiger charge is -2.30. The lowest BCUT2D eigenvalue weighted by molar-refractivity contribution is -0.121. The number of rotatable bonds is 4. The molecule has 2 heterocycles. The molecular formula is C17H18N2O3S2. The summed E-state index contributed by atoms with van der Waals surface area (Å²) in [4.78, 5) is 26.3. The molecule has 126 valence electrons. The largest absolute Gasteiger partial charge is 0.482 e. The molecule has 3 rings (SSSR count). The fourth-order valence-corrected chi connectivity index (χ4v) is 3.56. The van der Waals surface area contributed by atoms with Crippen LogP contribution in [0, 0.1) is 5.92 Å². The Morgan fingerprint density at radius 2 is 2.21 bits per heavy atom. The minimum atomic E-state index is -0.188. The Morgan fingerprint density at radius 3 is 2.88 bits per heavy atom. The molecule has 1 N–H and O–H groups in total. The van der Waals surface area contributed by atoms with Crippen LogP contribution in [0.15, 0.2) is 23.1 Å². The predicted octanol–water partition coefficient (Wildman–Crippen LogP) is 2.95. The fraction of sp³-hybridized carbons (Fsp3) is 0.353. The number of benzene rings is 1. The monoisotopic (exact) mass is 362 g/mol. The molecule has 7 heteroatoms. The predicted molar refractivity (Wildman–Crippen MR) is 100 cm³/mol. The van der Waals surface area contributed by atoms with E-state index in [0.717, 1.165) is 17.7 Å². The third kappa shape index (κ3) is 3.62. The van der Waals surface area contributed by atoms with Crippen molar-refractivity contribution in [3.63, 3.8) is 0 Å². The number of amides is 2. The zero-order valence-corrected chi connectivity index (χ0v) is 15.1. The van der Waals surface area contributed by atoms with Crippen LogP contribution in [0.1, 0.15) is 25.8 Å². The van der Waals surface area contributed by atoms with E-state index in [0.29, 0.717) is 27.4 Å². The normalized spacial score (nSPS) is 18.9. The number of hydrogen-bond donors (Lipinski definition) is 1. The van der Waals surface area contributed by atoms with E-state index < -0.39 is 0 Å². The van der Waals surface area contributed by atoms with Crippen molar-refractivity contribution in [3.05, 3.63) is 28.7 Å². The third-order valence-corrected chi connectivity index (χ3v) is 4.96. The zero-order valence-electron chi connectivity index (χ0n) is 13.5. The second-order valence-corrected chi connectivity index (χ2v) is 7.81. The highest BCUT2D eigenvalue weighted by Gasteiger charge is 2.26. The van der Waals surface area contributed by atoms with Gasteiger partial charge in [0, 0.05) is 6.54 Å². The van der Waals surface area contributed by atoms with Gasteiger partial charge in [0.2, 0.25) is 0 Å². The van der Waals surface area contributed by atoms with Crippen LogP contribution in [0.2, 0.25) is 0 Å². The second-order valence-electron chi connectivity index (χ2n) is 6.10. The van der Waals surface area contributed by atoms with Gasteiger partial charge in [-0.15, -0.1) is 0 Å². The molecule has 0 radical (unpaired) electrons. The average molecular weight is 362 g/mol. The van der Waals surface area contributed by atoms with Crippen LogP contribution in [-0.2, 0) is 9.59 Å². The minimum absolute atomic E-state index is 0.0397. The molecular weight excluding hydrogens is 344 g/mol. The van der Waals surface area contributed by atoms with E-state index in [2.05, 4.69) is 19.2 Å².